The van der Waals surface area contributed by atoms with Gasteiger partial charge < -0.3 is 10.0 Å². The zero-order valence-corrected chi connectivity index (χ0v) is 9.48. The monoisotopic (exact) mass is 238 g/mol. The van der Waals surface area contributed by atoms with E-state index in [1.54, 1.807) is 0 Å². The van der Waals surface area contributed by atoms with E-state index in [1.165, 1.54) is 4.90 Å². The largest absolute Gasteiger partial charge is 0.860 e. The fraction of sp³-hybridized carbons (Fsp3) is 0.273. The molecule has 0 fully saturated rings. The summed E-state index contributed by atoms with van der Waals surface area (Å²) in [6, 6.07) is 9.51. The average Bonchev–Trinajstić information content (AvgIpc) is 2.23. The summed E-state index contributed by atoms with van der Waals surface area (Å²) in [7, 11) is -3.27. The van der Waals surface area contributed by atoms with Crippen LogP contribution in [0.15, 0.2) is 41.6 Å². The molecule has 0 radical (unpaired) electrons. The van der Waals surface area contributed by atoms with Crippen LogP contribution in [0.1, 0.15) is 5.56 Å². The van der Waals surface area contributed by atoms with Gasteiger partial charge in [0, 0.05) is 18.5 Å². The standard InChI is InChI=1S/C11H13NO3S/c13-11-9-16(14,15)7-6-12(11)8-10-4-2-1-3-5-10/h1-5,9,13H,6-8H2/p-1. The van der Waals surface area contributed by atoms with Crippen LogP contribution in [0.5, 0.6) is 0 Å². The Balaban J connectivity index is 2.14. The van der Waals surface area contributed by atoms with Crippen LogP contribution in [0.3, 0.4) is 0 Å². The Bertz CT molecular complexity index is 493. The summed E-state index contributed by atoms with van der Waals surface area (Å²) in [5.74, 6) is -0.402. The molecule has 0 spiro atoms. The summed E-state index contributed by atoms with van der Waals surface area (Å²) < 4.78 is 22.3. The fourth-order valence-electron chi connectivity index (χ4n) is 1.60. The number of benzene rings is 1. The second kappa shape index (κ2) is 4.17. The van der Waals surface area contributed by atoms with Crippen LogP contribution in [0.2, 0.25) is 0 Å². The number of nitrogens with zero attached hydrogens (tertiary/aromatic N) is 1. The average molecular weight is 238 g/mol. The summed E-state index contributed by atoms with van der Waals surface area (Å²) in [5, 5.41) is 12.3. The van der Waals surface area contributed by atoms with Gasteiger partial charge in [0.1, 0.15) is 0 Å². The van der Waals surface area contributed by atoms with E-state index in [2.05, 4.69) is 0 Å². The summed E-state index contributed by atoms with van der Waals surface area (Å²) in [4.78, 5) is 1.54. The predicted octanol–water partition coefficient (Wildman–Crippen LogP) is 0.0762. The number of rotatable bonds is 2. The van der Waals surface area contributed by atoms with Crippen molar-refractivity contribution >= 4 is 9.84 Å². The maximum absolute atomic E-state index is 11.5. The van der Waals surface area contributed by atoms with Crippen molar-refractivity contribution < 1.29 is 13.5 Å². The van der Waals surface area contributed by atoms with E-state index < -0.39 is 15.7 Å². The van der Waals surface area contributed by atoms with E-state index in [9.17, 15) is 13.5 Å². The molecule has 4 nitrogen and oxygen atoms in total. The topological polar surface area (TPSA) is 60.4 Å². The molecular weight excluding hydrogens is 226 g/mol. The van der Waals surface area contributed by atoms with Gasteiger partial charge in [0.05, 0.1) is 5.75 Å². The molecule has 5 heteroatoms. The Morgan fingerprint density at radius 2 is 1.94 bits per heavy atom. The lowest BCUT2D eigenvalue weighted by molar-refractivity contribution is -0.333. The molecule has 0 N–H and O–H groups in total. The van der Waals surface area contributed by atoms with Gasteiger partial charge in [-0.05, 0) is 11.4 Å². The Labute approximate surface area is 94.7 Å². The molecule has 0 unspecified atom stereocenters. The molecule has 1 aromatic carbocycles. The van der Waals surface area contributed by atoms with E-state index in [4.69, 9.17) is 0 Å². The summed E-state index contributed by atoms with van der Waals surface area (Å²) in [6.07, 6.45) is 0. The van der Waals surface area contributed by atoms with Crippen LogP contribution < -0.4 is 5.11 Å². The maximum Gasteiger partial charge on any atom is 0.174 e. The first-order chi connectivity index (χ1) is 7.57. The number of hydrogen-bond acceptors (Lipinski definition) is 4. The minimum Gasteiger partial charge on any atom is -0.860 e. The van der Waals surface area contributed by atoms with Crippen molar-refractivity contribution in [1.29, 1.82) is 0 Å². The minimum absolute atomic E-state index is 0.0194. The molecule has 0 aliphatic carbocycles. The molecule has 1 aliphatic rings. The Hall–Kier alpha value is -1.49. The van der Waals surface area contributed by atoms with Gasteiger partial charge in [-0.2, -0.15) is 0 Å². The summed E-state index contributed by atoms with van der Waals surface area (Å²) >= 11 is 0. The van der Waals surface area contributed by atoms with Gasteiger partial charge in [-0.1, -0.05) is 30.3 Å². The Morgan fingerprint density at radius 3 is 2.56 bits per heavy atom. The zero-order valence-electron chi connectivity index (χ0n) is 8.67. The third-order valence-corrected chi connectivity index (χ3v) is 3.77. The van der Waals surface area contributed by atoms with E-state index >= 15 is 0 Å². The van der Waals surface area contributed by atoms with E-state index in [1.807, 2.05) is 30.3 Å². The summed E-state index contributed by atoms with van der Waals surface area (Å²) in [5.41, 5.74) is 1.00. The fourth-order valence-corrected chi connectivity index (χ4v) is 2.64. The molecule has 1 aromatic rings. The van der Waals surface area contributed by atoms with Crippen molar-refractivity contribution in [1.82, 2.24) is 4.90 Å². The van der Waals surface area contributed by atoms with Gasteiger partial charge in [0.15, 0.2) is 9.84 Å². The van der Waals surface area contributed by atoms with Gasteiger partial charge in [-0.25, -0.2) is 8.42 Å². The highest BCUT2D eigenvalue weighted by Gasteiger charge is 2.17. The van der Waals surface area contributed by atoms with Crippen molar-refractivity contribution in [3.63, 3.8) is 0 Å². The number of sulfone groups is 1. The van der Waals surface area contributed by atoms with Crippen molar-refractivity contribution in [2.45, 2.75) is 6.54 Å². The molecule has 0 bridgehead atoms. The molecule has 0 amide bonds. The first kappa shape index (κ1) is 11.0. The number of hydrogen-bond donors (Lipinski definition) is 0. The molecule has 0 atom stereocenters. The molecule has 2 rings (SSSR count). The third-order valence-electron chi connectivity index (χ3n) is 2.45. The van der Waals surface area contributed by atoms with Gasteiger partial charge >= 0.3 is 0 Å². The van der Waals surface area contributed by atoms with Crippen LogP contribution in [0, 0.1) is 0 Å². The van der Waals surface area contributed by atoms with Gasteiger partial charge in [0.25, 0.3) is 0 Å². The van der Waals surface area contributed by atoms with E-state index in [0.29, 0.717) is 6.54 Å². The predicted molar refractivity (Wildman–Crippen MR) is 58.7 cm³/mol. The van der Waals surface area contributed by atoms with E-state index in [-0.39, 0.29) is 12.3 Å². The zero-order chi connectivity index (χ0) is 11.6. The van der Waals surface area contributed by atoms with Crippen molar-refractivity contribution in [3.05, 3.63) is 47.2 Å². The third kappa shape index (κ3) is 2.55. The Kier molecular flexibility index (Phi) is 2.87. The molecule has 86 valence electrons. The van der Waals surface area contributed by atoms with Crippen LogP contribution >= 0.6 is 0 Å². The van der Waals surface area contributed by atoms with Gasteiger partial charge in [-0.3, -0.25) is 0 Å². The molecule has 1 aliphatic heterocycles. The molecular formula is C11H12NO3S-. The highest BCUT2D eigenvalue weighted by atomic mass is 32.2. The molecule has 0 saturated heterocycles. The van der Waals surface area contributed by atoms with E-state index in [0.717, 1.165) is 11.0 Å². The summed E-state index contributed by atoms with van der Waals surface area (Å²) in [6.45, 7) is 0.734. The Morgan fingerprint density at radius 1 is 1.25 bits per heavy atom. The van der Waals surface area contributed by atoms with Crippen LogP contribution in [0.25, 0.3) is 0 Å². The quantitative estimate of drug-likeness (QED) is 0.732. The normalized spacial score (nSPS) is 19.2. The van der Waals surface area contributed by atoms with Gasteiger partial charge in [0.2, 0.25) is 0 Å². The minimum atomic E-state index is -3.27. The SMILES string of the molecule is O=S1(=O)C=C([O-])N(Cc2ccccc2)CC1. The lowest BCUT2D eigenvalue weighted by Crippen LogP contribution is -2.37. The van der Waals surface area contributed by atoms with Crippen molar-refractivity contribution in [2.75, 3.05) is 12.3 Å². The van der Waals surface area contributed by atoms with Crippen molar-refractivity contribution in [2.24, 2.45) is 0 Å². The van der Waals surface area contributed by atoms with Crippen LogP contribution in [-0.4, -0.2) is 25.6 Å². The van der Waals surface area contributed by atoms with Crippen LogP contribution in [-0.2, 0) is 16.4 Å². The van der Waals surface area contributed by atoms with Gasteiger partial charge in [-0.15, -0.1) is 0 Å². The first-order valence-corrected chi connectivity index (χ1v) is 6.69. The lowest BCUT2D eigenvalue weighted by Gasteiger charge is -2.33. The molecule has 1 heterocycles. The molecule has 16 heavy (non-hydrogen) atoms. The lowest BCUT2D eigenvalue weighted by atomic mass is 10.2. The highest BCUT2D eigenvalue weighted by molar-refractivity contribution is 7.94. The second-order valence-corrected chi connectivity index (χ2v) is 5.70. The highest BCUT2D eigenvalue weighted by Crippen LogP contribution is 2.13. The second-order valence-electron chi connectivity index (χ2n) is 3.73. The smallest absolute Gasteiger partial charge is 0.174 e. The maximum atomic E-state index is 11.5. The molecule has 0 saturated carbocycles. The van der Waals surface area contributed by atoms with Crippen molar-refractivity contribution in [3.8, 4) is 0 Å². The van der Waals surface area contributed by atoms with Crippen LogP contribution in [0.4, 0.5) is 0 Å². The first-order valence-electron chi connectivity index (χ1n) is 4.97. The molecule has 0 aromatic heterocycles.